The fourth-order valence-corrected chi connectivity index (χ4v) is 4.14. The summed E-state index contributed by atoms with van der Waals surface area (Å²) in [6.07, 6.45) is 2.31. The summed E-state index contributed by atoms with van der Waals surface area (Å²) in [5.74, 6) is 0.235. The Morgan fingerprint density at radius 3 is 2.96 bits per heavy atom. The van der Waals surface area contributed by atoms with Crippen molar-refractivity contribution in [2.24, 2.45) is 0 Å². The second kappa shape index (κ2) is 5.61. The van der Waals surface area contributed by atoms with Crippen molar-refractivity contribution in [2.45, 2.75) is 35.8 Å². The van der Waals surface area contributed by atoms with Crippen LogP contribution in [0.4, 0.5) is 10.8 Å². The van der Waals surface area contributed by atoms with Crippen molar-refractivity contribution in [1.29, 1.82) is 0 Å². The molecule has 0 bridgehead atoms. The summed E-state index contributed by atoms with van der Waals surface area (Å²) < 4.78 is 0. The molecule has 118 valence electrons. The van der Waals surface area contributed by atoms with E-state index in [1.54, 1.807) is 12.1 Å². The van der Waals surface area contributed by atoms with Crippen molar-refractivity contribution in [3.8, 4) is 0 Å². The molecule has 1 aromatic heterocycles. The number of benzene rings is 1. The van der Waals surface area contributed by atoms with Crippen molar-refractivity contribution in [3.05, 3.63) is 28.8 Å². The fraction of sp³-hybridized carbons (Fsp3) is 0.333. The van der Waals surface area contributed by atoms with E-state index >= 15 is 0 Å². The number of carbonyl (C=O) groups excluding carboxylic acids is 2. The van der Waals surface area contributed by atoms with Gasteiger partial charge in [-0.1, -0.05) is 11.3 Å². The van der Waals surface area contributed by atoms with E-state index in [-0.39, 0.29) is 17.1 Å². The van der Waals surface area contributed by atoms with Crippen LogP contribution in [0.3, 0.4) is 0 Å². The van der Waals surface area contributed by atoms with E-state index in [1.807, 2.05) is 13.0 Å². The molecule has 0 spiro atoms. The number of fused-ring (bicyclic) bond motifs is 1. The van der Waals surface area contributed by atoms with E-state index in [0.29, 0.717) is 22.3 Å². The number of nitrogens with one attached hydrogen (secondary N) is 2. The zero-order valence-electron chi connectivity index (χ0n) is 12.3. The third-order valence-electron chi connectivity index (χ3n) is 3.76. The maximum absolute atomic E-state index is 12.3. The van der Waals surface area contributed by atoms with Crippen molar-refractivity contribution >= 4 is 45.7 Å². The average molecular weight is 346 g/mol. The van der Waals surface area contributed by atoms with E-state index < -0.39 is 0 Å². The highest BCUT2D eigenvalue weighted by Crippen LogP contribution is 2.42. The first-order chi connectivity index (χ1) is 11.1. The highest BCUT2D eigenvalue weighted by atomic mass is 32.2. The average Bonchev–Trinajstić information content (AvgIpc) is 3.28. The lowest BCUT2D eigenvalue weighted by molar-refractivity contribution is -0.115. The monoisotopic (exact) mass is 346 g/mol. The molecule has 2 aliphatic rings. The predicted octanol–water partition coefficient (Wildman–Crippen LogP) is 3.10. The first kappa shape index (κ1) is 14.6. The Balaban J connectivity index is 1.51. The van der Waals surface area contributed by atoms with Gasteiger partial charge in [-0.25, -0.2) is 0 Å². The minimum absolute atomic E-state index is 0.0433. The van der Waals surface area contributed by atoms with Gasteiger partial charge in [0.25, 0.3) is 5.91 Å². The molecule has 1 aliphatic carbocycles. The number of carbonyl (C=O) groups is 2. The van der Waals surface area contributed by atoms with Crippen LogP contribution in [0.2, 0.25) is 0 Å². The maximum atomic E-state index is 12.3. The molecule has 1 fully saturated rings. The van der Waals surface area contributed by atoms with Gasteiger partial charge in [0.05, 0.1) is 10.9 Å². The lowest BCUT2D eigenvalue weighted by Crippen LogP contribution is -2.26. The number of amides is 2. The van der Waals surface area contributed by atoms with E-state index in [1.165, 1.54) is 23.1 Å². The molecule has 1 aliphatic heterocycles. The SMILES string of the molecule is CC1Sc2ccc(C(=O)Nc3nnc(C4CC4)s3)cc2NC1=O. The number of hydrogen-bond acceptors (Lipinski definition) is 6. The van der Waals surface area contributed by atoms with E-state index in [9.17, 15) is 9.59 Å². The minimum Gasteiger partial charge on any atom is -0.324 e. The summed E-state index contributed by atoms with van der Waals surface area (Å²) in [5, 5.41) is 15.1. The third-order valence-corrected chi connectivity index (χ3v) is 5.94. The summed E-state index contributed by atoms with van der Waals surface area (Å²) in [6.45, 7) is 1.86. The largest absolute Gasteiger partial charge is 0.324 e. The Hall–Kier alpha value is -1.93. The maximum Gasteiger partial charge on any atom is 0.257 e. The van der Waals surface area contributed by atoms with Crippen LogP contribution in [0.15, 0.2) is 23.1 Å². The molecule has 1 saturated carbocycles. The van der Waals surface area contributed by atoms with E-state index in [0.717, 1.165) is 22.7 Å². The second-order valence-electron chi connectivity index (χ2n) is 5.63. The Bertz CT molecular complexity index is 801. The molecular formula is C15H14N4O2S2. The van der Waals surface area contributed by atoms with Crippen LogP contribution in [-0.2, 0) is 4.79 Å². The molecule has 2 N–H and O–H groups in total. The van der Waals surface area contributed by atoms with Gasteiger partial charge in [-0.05, 0) is 38.0 Å². The minimum atomic E-state index is -0.246. The van der Waals surface area contributed by atoms with Crippen molar-refractivity contribution < 1.29 is 9.59 Å². The highest BCUT2D eigenvalue weighted by Gasteiger charge is 2.28. The Labute approximate surface area is 141 Å². The number of nitrogens with zero attached hydrogens (tertiary/aromatic N) is 2. The normalized spacial score (nSPS) is 19.9. The van der Waals surface area contributed by atoms with Gasteiger partial charge in [0, 0.05) is 16.4 Å². The molecule has 2 heterocycles. The van der Waals surface area contributed by atoms with Crippen LogP contribution in [0.1, 0.15) is 41.0 Å². The van der Waals surface area contributed by atoms with Gasteiger partial charge in [0.2, 0.25) is 11.0 Å². The lowest BCUT2D eigenvalue weighted by atomic mass is 10.2. The Morgan fingerprint density at radius 1 is 1.35 bits per heavy atom. The quantitative estimate of drug-likeness (QED) is 0.892. The van der Waals surface area contributed by atoms with Gasteiger partial charge in [0.15, 0.2) is 0 Å². The number of rotatable bonds is 3. The summed E-state index contributed by atoms with van der Waals surface area (Å²) in [5.41, 5.74) is 1.17. The van der Waals surface area contributed by atoms with E-state index in [4.69, 9.17) is 0 Å². The van der Waals surface area contributed by atoms with Gasteiger partial charge in [-0.3, -0.25) is 14.9 Å². The zero-order chi connectivity index (χ0) is 16.0. The molecule has 1 unspecified atom stereocenters. The predicted molar refractivity (Wildman–Crippen MR) is 90.2 cm³/mol. The van der Waals surface area contributed by atoms with Gasteiger partial charge < -0.3 is 5.32 Å². The molecule has 23 heavy (non-hydrogen) atoms. The van der Waals surface area contributed by atoms with Crippen LogP contribution in [0.5, 0.6) is 0 Å². The van der Waals surface area contributed by atoms with Crippen LogP contribution in [0.25, 0.3) is 0 Å². The smallest absolute Gasteiger partial charge is 0.257 e. The van der Waals surface area contributed by atoms with E-state index in [2.05, 4.69) is 20.8 Å². The van der Waals surface area contributed by atoms with Gasteiger partial charge >= 0.3 is 0 Å². The first-order valence-corrected chi connectivity index (χ1v) is 9.06. The van der Waals surface area contributed by atoms with Crippen LogP contribution < -0.4 is 10.6 Å². The number of anilines is 2. The van der Waals surface area contributed by atoms with Gasteiger partial charge in [-0.2, -0.15) is 0 Å². The summed E-state index contributed by atoms with van der Waals surface area (Å²) >= 11 is 2.92. The number of hydrogen-bond donors (Lipinski definition) is 2. The molecule has 6 nitrogen and oxygen atoms in total. The molecule has 8 heteroatoms. The molecule has 2 amide bonds. The summed E-state index contributed by atoms with van der Waals surface area (Å²) in [6, 6.07) is 5.32. The zero-order valence-corrected chi connectivity index (χ0v) is 14.0. The van der Waals surface area contributed by atoms with Crippen LogP contribution in [-0.4, -0.2) is 27.3 Å². The Morgan fingerprint density at radius 2 is 2.17 bits per heavy atom. The molecule has 1 aromatic carbocycles. The van der Waals surface area contributed by atoms with Crippen molar-refractivity contribution in [2.75, 3.05) is 10.6 Å². The molecule has 4 rings (SSSR count). The highest BCUT2D eigenvalue weighted by molar-refractivity contribution is 8.00. The molecule has 2 aromatic rings. The first-order valence-electron chi connectivity index (χ1n) is 7.36. The van der Waals surface area contributed by atoms with Crippen molar-refractivity contribution in [3.63, 3.8) is 0 Å². The molecule has 0 radical (unpaired) electrons. The molecule has 1 atom stereocenters. The number of aromatic nitrogens is 2. The third kappa shape index (κ3) is 2.96. The van der Waals surface area contributed by atoms with Crippen LogP contribution >= 0.6 is 23.1 Å². The Kier molecular flexibility index (Phi) is 3.57. The van der Waals surface area contributed by atoms with Crippen molar-refractivity contribution in [1.82, 2.24) is 10.2 Å². The number of thioether (sulfide) groups is 1. The lowest BCUT2D eigenvalue weighted by Gasteiger charge is -2.21. The topological polar surface area (TPSA) is 84.0 Å². The summed E-state index contributed by atoms with van der Waals surface area (Å²) in [4.78, 5) is 25.1. The fourth-order valence-electron chi connectivity index (χ4n) is 2.30. The summed E-state index contributed by atoms with van der Waals surface area (Å²) in [7, 11) is 0. The molecule has 0 saturated heterocycles. The van der Waals surface area contributed by atoms with Gasteiger partial charge in [-0.15, -0.1) is 22.0 Å². The second-order valence-corrected chi connectivity index (χ2v) is 8.03. The van der Waals surface area contributed by atoms with Gasteiger partial charge in [0.1, 0.15) is 5.01 Å². The standard InChI is InChI=1S/C15H14N4O2S2/c1-7-12(20)16-10-6-9(4-5-11(10)22-7)13(21)17-15-19-18-14(23-15)8-2-3-8/h4-8H,2-3H2,1H3,(H,16,20)(H,17,19,21). The molecular weight excluding hydrogens is 332 g/mol. The van der Waals surface area contributed by atoms with Crippen LogP contribution in [0, 0.1) is 0 Å².